The molecule has 8 rings (SSSR count). The summed E-state index contributed by atoms with van der Waals surface area (Å²) in [5.41, 5.74) is 6.56. The van der Waals surface area contributed by atoms with Crippen LogP contribution in [-0.2, 0) is 9.84 Å². The molecule has 40 heavy (non-hydrogen) atoms. The third kappa shape index (κ3) is 3.31. The molecule has 1 aromatic heterocycles. The normalized spacial score (nSPS) is 13.4. The van der Waals surface area contributed by atoms with Gasteiger partial charge in [-0.25, -0.2) is 13.4 Å². The van der Waals surface area contributed by atoms with Crippen LogP contribution < -0.4 is 0 Å². The molecule has 4 nitrogen and oxygen atoms in total. The summed E-state index contributed by atoms with van der Waals surface area (Å²) in [5.74, 6) is 0.725. The number of aromatic nitrogens is 2. The van der Waals surface area contributed by atoms with Crippen molar-refractivity contribution in [2.24, 2.45) is 0 Å². The summed E-state index contributed by atoms with van der Waals surface area (Å²) in [6, 6.07) is 43.8. The molecule has 0 aliphatic carbocycles. The Hall–Kier alpha value is -5.00. The third-order valence-corrected chi connectivity index (χ3v) is 9.62. The molecule has 1 aliphatic rings. The van der Waals surface area contributed by atoms with Crippen LogP contribution in [0.4, 0.5) is 0 Å². The molecule has 0 saturated carbocycles. The second-order valence-electron chi connectivity index (χ2n) is 10.1. The first kappa shape index (κ1) is 22.9. The average Bonchev–Trinajstić information content (AvgIpc) is 3.40. The van der Waals surface area contributed by atoms with E-state index in [9.17, 15) is 8.42 Å². The Kier molecular flexibility index (Phi) is 4.87. The van der Waals surface area contributed by atoms with Crippen LogP contribution in [0.5, 0.6) is 0 Å². The van der Waals surface area contributed by atoms with Gasteiger partial charge in [0.1, 0.15) is 10.7 Å². The van der Waals surface area contributed by atoms with Gasteiger partial charge in [-0.2, -0.15) is 0 Å². The molecule has 0 spiro atoms. The quantitative estimate of drug-likeness (QED) is 0.229. The van der Waals surface area contributed by atoms with E-state index < -0.39 is 9.84 Å². The van der Waals surface area contributed by atoms with Gasteiger partial charge in [-0.1, -0.05) is 109 Å². The van der Waals surface area contributed by atoms with Crippen LogP contribution in [0.15, 0.2) is 143 Å². The van der Waals surface area contributed by atoms with Gasteiger partial charge < -0.3 is 0 Å². The lowest BCUT2D eigenvalue weighted by atomic mass is 9.98. The first-order valence-electron chi connectivity index (χ1n) is 13.1. The number of hydrogen-bond acceptors (Lipinski definition) is 3. The Morgan fingerprint density at radius 1 is 0.550 bits per heavy atom. The fraction of sp³-hybridized carbons (Fsp3) is 0. The molecule has 7 aromatic rings. The Morgan fingerprint density at radius 2 is 1.25 bits per heavy atom. The van der Waals surface area contributed by atoms with Gasteiger partial charge in [0, 0.05) is 11.1 Å². The number of benzene rings is 6. The van der Waals surface area contributed by atoms with Gasteiger partial charge >= 0.3 is 0 Å². The number of hydrogen-bond donors (Lipinski definition) is 0. The zero-order chi connectivity index (χ0) is 26.8. The molecule has 0 saturated heterocycles. The number of nitrogens with zero attached hydrogens (tertiary/aromatic N) is 2. The van der Waals surface area contributed by atoms with E-state index in [1.165, 1.54) is 10.8 Å². The van der Waals surface area contributed by atoms with Crippen LogP contribution in [0.25, 0.3) is 61.1 Å². The molecule has 0 fully saturated rings. The molecule has 0 amide bonds. The van der Waals surface area contributed by atoms with Crippen LogP contribution >= 0.6 is 0 Å². The minimum Gasteiger partial charge on any atom is -0.290 e. The van der Waals surface area contributed by atoms with E-state index >= 15 is 0 Å². The lowest BCUT2D eigenvalue weighted by Crippen LogP contribution is -2.16. The highest BCUT2D eigenvalue weighted by molar-refractivity contribution is 7.92. The second kappa shape index (κ2) is 8.50. The maximum Gasteiger partial charge on any atom is 0.211 e. The van der Waals surface area contributed by atoms with E-state index in [1.807, 2.05) is 83.4 Å². The van der Waals surface area contributed by atoms with Crippen LogP contribution in [0.2, 0.25) is 0 Å². The van der Waals surface area contributed by atoms with E-state index in [0.717, 1.165) is 28.1 Å². The summed E-state index contributed by atoms with van der Waals surface area (Å²) in [7, 11) is -3.80. The number of fused-ring (bicyclic) bond motifs is 3. The van der Waals surface area contributed by atoms with Gasteiger partial charge in [0.05, 0.1) is 21.6 Å². The standard InChI is InChI=1S/C35H22N2O2S/c38-40(39)32-15-7-13-30-33(32)37(35(36-30)26-9-2-1-3-10-26)31-14-6-12-29(34(31)40)25-19-16-24(17-20-25)28-21-18-23-8-4-5-11-27(23)22-28/h1-22H. The van der Waals surface area contributed by atoms with Gasteiger partial charge in [-0.15, -0.1) is 0 Å². The predicted octanol–water partition coefficient (Wildman–Crippen LogP) is 8.33. The van der Waals surface area contributed by atoms with E-state index in [2.05, 4.69) is 42.5 Å². The topological polar surface area (TPSA) is 52.0 Å². The third-order valence-electron chi connectivity index (χ3n) is 7.74. The summed E-state index contributed by atoms with van der Waals surface area (Å²) in [6.45, 7) is 0. The van der Waals surface area contributed by atoms with Crippen molar-refractivity contribution in [2.75, 3.05) is 0 Å². The zero-order valence-corrected chi connectivity index (χ0v) is 22.1. The molecule has 0 atom stereocenters. The number of imidazole rings is 1. The van der Waals surface area contributed by atoms with Crippen molar-refractivity contribution >= 4 is 31.6 Å². The molecular weight excluding hydrogens is 512 g/mol. The van der Waals surface area contributed by atoms with Gasteiger partial charge in [0.25, 0.3) is 0 Å². The van der Waals surface area contributed by atoms with Crippen LogP contribution in [0, 0.1) is 0 Å². The van der Waals surface area contributed by atoms with Crippen molar-refractivity contribution in [3.05, 3.63) is 133 Å². The van der Waals surface area contributed by atoms with Gasteiger partial charge in [-0.3, -0.25) is 4.57 Å². The minimum atomic E-state index is -3.80. The number of para-hydroxylation sites is 1. The lowest BCUT2D eigenvalue weighted by molar-refractivity contribution is 0.595. The van der Waals surface area contributed by atoms with Gasteiger partial charge in [0.2, 0.25) is 9.84 Å². The highest BCUT2D eigenvalue weighted by atomic mass is 32.2. The maximum absolute atomic E-state index is 14.2. The lowest BCUT2D eigenvalue weighted by Gasteiger charge is -2.23. The molecule has 1 aliphatic heterocycles. The molecule has 0 bridgehead atoms. The molecule has 0 N–H and O–H groups in total. The molecule has 2 heterocycles. The van der Waals surface area contributed by atoms with Gasteiger partial charge in [0.15, 0.2) is 0 Å². The number of rotatable bonds is 3. The molecule has 0 radical (unpaired) electrons. The highest BCUT2D eigenvalue weighted by Gasteiger charge is 2.35. The minimum absolute atomic E-state index is 0.285. The monoisotopic (exact) mass is 534 g/mol. The van der Waals surface area contributed by atoms with Crippen molar-refractivity contribution in [1.82, 2.24) is 9.55 Å². The maximum atomic E-state index is 14.2. The van der Waals surface area contributed by atoms with E-state index in [0.29, 0.717) is 27.2 Å². The second-order valence-corrected chi connectivity index (χ2v) is 11.9. The summed E-state index contributed by atoms with van der Waals surface area (Å²) in [4.78, 5) is 5.48. The summed E-state index contributed by atoms with van der Waals surface area (Å²) >= 11 is 0. The van der Waals surface area contributed by atoms with Crippen molar-refractivity contribution in [3.8, 4) is 39.3 Å². The fourth-order valence-electron chi connectivity index (χ4n) is 5.86. The Labute approximate surface area is 231 Å². The molecule has 6 aromatic carbocycles. The van der Waals surface area contributed by atoms with Crippen LogP contribution in [-0.4, -0.2) is 18.0 Å². The molecular formula is C35H22N2O2S. The number of sulfone groups is 1. The molecule has 5 heteroatoms. The summed E-state index contributed by atoms with van der Waals surface area (Å²) in [6.07, 6.45) is 0. The summed E-state index contributed by atoms with van der Waals surface area (Å²) in [5, 5.41) is 2.39. The van der Waals surface area contributed by atoms with Crippen LogP contribution in [0.1, 0.15) is 0 Å². The largest absolute Gasteiger partial charge is 0.290 e. The van der Waals surface area contributed by atoms with E-state index in [1.54, 1.807) is 12.1 Å². The van der Waals surface area contributed by atoms with Crippen molar-refractivity contribution in [3.63, 3.8) is 0 Å². The van der Waals surface area contributed by atoms with E-state index in [-0.39, 0.29) is 4.90 Å². The molecule has 190 valence electrons. The van der Waals surface area contributed by atoms with Gasteiger partial charge in [-0.05, 0) is 51.7 Å². The first-order valence-corrected chi connectivity index (χ1v) is 14.6. The van der Waals surface area contributed by atoms with Crippen molar-refractivity contribution < 1.29 is 8.42 Å². The average molecular weight is 535 g/mol. The van der Waals surface area contributed by atoms with Crippen molar-refractivity contribution in [1.29, 1.82) is 0 Å². The predicted molar refractivity (Wildman–Crippen MR) is 160 cm³/mol. The highest BCUT2D eigenvalue weighted by Crippen LogP contribution is 2.45. The Balaban J connectivity index is 1.32. The van der Waals surface area contributed by atoms with Crippen molar-refractivity contribution in [2.45, 2.75) is 9.79 Å². The van der Waals surface area contributed by atoms with Crippen LogP contribution in [0.3, 0.4) is 0 Å². The zero-order valence-electron chi connectivity index (χ0n) is 21.3. The first-order chi connectivity index (χ1) is 19.6. The Bertz CT molecular complexity index is 2210. The summed E-state index contributed by atoms with van der Waals surface area (Å²) < 4.78 is 30.4. The Morgan fingerprint density at radius 3 is 2.08 bits per heavy atom. The SMILES string of the molecule is O=S1(=O)c2c(-c3ccc(-c4ccc5ccccc5c4)cc3)cccc2-n2c(-c3ccccc3)nc3cccc1c32. The molecule has 0 unspecified atom stereocenters. The fourth-order valence-corrected chi connectivity index (χ4v) is 7.70. The van der Waals surface area contributed by atoms with E-state index in [4.69, 9.17) is 4.98 Å². The smallest absolute Gasteiger partial charge is 0.211 e.